The van der Waals surface area contributed by atoms with E-state index in [9.17, 15) is 9.59 Å². The molecule has 0 spiro atoms. The maximum Gasteiger partial charge on any atom is 0.325 e. The molecule has 5 heteroatoms. The summed E-state index contributed by atoms with van der Waals surface area (Å²) in [7, 11) is 0. The molecule has 15 heavy (non-hydrogen) atoms. The van der Waals surface area contributed by atoms with Crippen LogP contribution >= 0.6 is 0 Å². The molecule has 0 radical (unpaired) electrons. The van der Waals surface area contributed by atoms with Crippen LogP contribution in [-0.2, 0) is 9.53 Å². The van der Waals surface area contributed by atoms with Crippen LogP contribution in [-0.4, -0.2) is 35.5 Å². The van der Waals surface area contributed by atoms with Crippen LogP contribution in [0.1, 0.15) is 20.3 Å². The second-order valence-electron chi connectivity index (χ2n) is 3.58. The molecule has 0 aromatic rings. The molecule has 3 amide bonds. The first-order chi connectivity index (χ1) is 7.06. The number of ether oxygens (including phenoxy) is 1. The first-order valence-corrected chi connectivity index (χ1v) is 4.91. The maximum atomic E-state index is 11.5. The summed E-state index contributed by atoms with van der Waals surface area (Å²) < 4.78 is 4.95. The number of amides is 3. The summed E-state index contributed by atoms with van der Waals surface area (Å²) in [6.07, 6.45) is 1.90. The predicted octanol–water partition coefficient (Wildman–Crippen LogP) is 0.867. The lowest BCUT2D eigenvalue weighted by molar-refractivity contribution is -0.126. The van der Waals surface area contributed by atoms with E-state index in [-0.39, 0.29) is 11.9 Å². The lowest BCUT2D eigenvalue weighted by atomic mass is 9.97. The molecule has 1 rings (SSSR count). The van der Waals surface area contributed by atoms with Crippen LogP contribution in [0.2, 0.25) is 0 Å². The van der Waals surface area contributed by atoms with Crippen molar-refractivity contribution in [2.24, 2.45) is 0 Å². The van der Waals surface area contributed by atoms with E-state index in [0.717, 1.165) is 0 Å². The summed E-state index contributed by atoms with van der Waals surface area (Å²) in [6, 6.07) is -0.350. The first kappa shape index (κ1) is 11.6. The van der Waals surface area contributed by atoms with E-state index in [1.165, 1.54) is 11.2 Å². The van der Waals surface area contributed by atoms with Gasteiger partial charge in [0.2, 0.25) is 0 Å². The van der Waals surface area contributed by atoms with Gasteiger partial charge in [-0.25, -0.2) is 4.79 Å². The van der Waals surface area contributed by atoms with E-state index in [0.29, 0.717) is 19.6 Å². The summed E-state index contributed by atoms with van der Waals surface area (Å²) >= 11 is 0. The highest BCUT2D eigenvalue weighted by Crippen LogP contribution is 2.24. The highest BCUT2D eigenvalue weighted by atomic mass is 16.5. The lowest BCUT2D eigenvalue weighted by Gasteiger charge is -2.30. The molecule has 1 heterocycles. The van der Waals surface area contributed by atoms with Gasteiger partial charge in [-0.2, -0.15) is 0 Å². The minimum atomic E-state index is -0.748. The molecular weight excluding hydrogens is 196 g/mol. The maximum absolute atomic E-state index is 11.5. The van der Waals surface area contributed by atoms with Gasteiger partial charge in [0, 0.05) is 0 Å². The second-order valence-corrected chi connectivity index (χ2v) is 3.58. The summed E-state index contributed by atoms with van der Waals surface area (Å²) in [5.41, 5.74) is -0.748. The summed E-state index contributed by atoms with van der Waals surface area (Å²) in [6.45, 7) is 7.76. The minimum Gasteiger partial charge on any atom is -0.500 e. The molecule has 84 valence electrons. The average Bonchev–Trinajstić information content (AvgIpc) is 2.42. The van der Waals surface area contributed by atoms with Crippen molar-refractivity contribution < 1.29 is 14.3 Å². The van der Waals surface area contributed by atoms with Gasteiger partial charge in [0.1, 0.15) is 12.1 Å². The number of nitrogens with zero attached hydrogens (tertiary/aromatic N) is 1. The Morgan fingerprint density at radius 3 is 2.80 bits per heavy atom. The van der Waals surface area contributed by atoms with E-state index in [1.807, 2.05) is 6.92 Å². The van der Waals surface area contributed by atoms with E-state index in [1.54, 1.807) is 6.92 Å². The Bertz CT molecular complexity index is 290. The normalized spacial score (nSPS) is 25.3. The van der Waals surface area contributed by atoms with Gasteiger partial charge in [0.05, 0.1) is 12.8 Å². The molecule has 0 aliphatic carbocycles. The molecule has 0 aromatic heterocycles. The topological polar surface area (TPSA) is 58.6 Å². The molecule has 1 aliphatic rings. The Morgan fingerprint density at radius 1 is 1.60 bits per heavy atom. The van der Waals surface area contributed by atoms with Crippen LogP contribution in [0.4, 0.5) is 4.79 Å². The van der Waals surface area contributed by atoms with Crippen molar-refractivity contribution in [3.05, 3.63) is 12.8 Å². The van der Waals surface area contributed by atoms with Gasteiger partial charge in [-0.1, -0.05) is 13.5 Å². The fourth-order valence-corrected chi connectivity index (χ4v) is 1.57. The van der Waals surface area contributed by atoms with Crippen molar-refractivity contribution in [3.63, 3.8) is 0 Å². The number of hydrogen-bond donors (Lipinski definition) is 1. The second kappa shape index (κ2) is 4.33. The van der Waals surface area contributed by atoms with E-state index < -0.39 is 5.54 Å². The quantitative estimate of drug-likeness (QED) is 0.418. The highest BCUT2D eigenvalue weighted by molar-refractivity contribution is 6.06. The molecule has 1 unspecified atom stereocenters. The number of carbonyl (C=O) groups is 2. The monoisotopic (exact) mass is 212 g/mol. The van der Waals surface area contributed by atoms with Crippen molar-refractivity contribution in [2.75, 3.05) is 13.2 Å². The van der Waals surface area contributed by atoms with Crippen LogP contribution in [0.15, 0.2) is 12.8 Å². The lowest BCUT2D eigenvalue weighted by Crippen LogP contribution is -2.47. The zero-order valence-corrected chi connectivity index (χ0v) is 9.08. The highest BCUT2D eigenvalue weighted by Gasteiger charge is 2.47. The third-order valence-electron chi connectivity index (χ3n) is 2.79. The molecule has 0 saturated carbocycles. The minimum absolute atomic E-state index is 0.242. The molecular formula is C10H16N2O3. The molecule has 1 atom stereocenters. The Balaban J connectivity index is 2.71. The van der Waals surface area contributed by atoms with Crippen LogP contribution in [0.5, 0.6) is 0 Å². The van der Waals surface area contributed by atoms with Crippen molar-refractivity contribution in [1.29, 1.82) is 0 Å². The number of hydrogen-bond acceptors (Lipinski definition) is 3. The zero-order valence-electron chi connectivity index (χ0n) is 9.08. The predicted molar refractivity (Wildman–Crippen MR) is 55.1 cm³/mol. The average molecular weight is 212 g/mol. The third-order valence-corrected chi connectivity index (χ3v) is 2.79. The Hall–Kier alpha value is -1.52. The standard InChI is InChI=1S/C10H16N2O3/c1-4-10(3)8(13)11-9(14)12(10)6-7-15-5-2/h5H,2,4,6-7H2,1,3H3,(H,11,13,14). The Labute approximate surface area is 89.1 Å². The molecule has 1 saturated heterocycles. The van der Waals surface area contributed by atoms with E-state index in [4.69, 9.17) is 4.74 Å². The van der Waals surface area contributed by atoms with Crippen LogP contribution in [0.3, 0.4) is 0 Å². The van der Waals surface area contributed by atoms with Gasteiger partial charge >= 0.3 is 6.03 Å². The molecule has 1 aliphatic heterocycles. The number of urea groups is 1. The van der Waals surface area contributed by atoms with E-state index >= 15 is 0 Å². The summed E-state index contributed by atoms with van der Waals surface area (Å²) in [5.74, 6) is -0.242. The third kappa shape index (κ3) is 1.95. The summed E-state index contributed by atoms with van der Waals surface area (Å²) in [4.78, 5) is 24.5. The van der Waals surface area contributed by atoms with E-state index in [2.05, 4.69) is 11.9 Å². The van der Waals surface area contributed by atoms with Crippen molar-refractivity contribution in [3.8, 4) is 0 Å². The SMILES string of the molecule is C=COCCN1C(=O)NC(=O)C1(C)CC. The Morgan fingerprint density at radius 2 is 2.27 bits per heavy atom. The molecule has 0 bridgehead atoms. The van der Waals surface area contributed by atoms with Gasteiger partial charge in [-0.3, -0.25) is 10.1 Å². The van der Waals surface area contributed by atoms with Crippen molar-refractivity contribution in [1.82, 2.24) is 10.2 Å². The van der Waals surface area contributed by atoms with Gasteiger partial charge in [-0.15, -0.1) is 0 Å². The molecule has 0 aromatic carbocycles. The molecule has 1 N–H and O–H groups in total. The first-order valence-electron chi connectivity index (χ1n) is 4.91. The van der Waals surface area contributed by atoms with Gasteiger partial charge in [0.15, 0.2) is 0 Å². The molecule has 5 nitrogen and oxygen atoms in total. The van der Waals surface area contributed by atoms with Crippen LogP contribution in [0.25, 0.3) is 0 Å². The summed E-state index contributed by atoms with van der Waals surface area (Å²) in [5, 5.41) is 2.30. The van der Waals surface area contributed by atoms with Crippen LogP contribution < -0.4 is 5.32 Å². The fourth-order valence-electron chi connectivity index (χ4n) is 1.57. The van der Waals surface area contributed by atoms with Gasteiger partial charge < -0.3 is 9.64 Å². The smallest absolute Gasteiger partial charge is 0.325 e. The van der Waals surface area contributed by atoms with Crippen LogP contribution in [0, 0.1) is 0 Å². The number of imide groups is 1. The molecule has 1 fully saturated rings. The number of rotatable bonds is 5. The largest absolute Gasteiger partial charge is 0.500 e. The Kier molecular flexibility index (Phi) is 3.34. The number of carbonyl (C=O) groups excluding carboxylic acids is 2. The number of nitrogens with one attached hydrogen (secondary N) is 1. The van der Waals surface area contributed by atoms with Gasteiger partial charge in [0.25, 0.3) is 5.91 Å². The van der Waals surface area contributed by atoms with Crippen molar-refractivity contribution >= 4 is 11.9 Å². The zero-order chi connectivity index (χ0) is 11.5. The van der Waals surface area contributed by atoms with Crippen molar-refractivity contribution in [2.45, 2.75) is 25.8 Å². The van der Waals surface area contributed by atoms with Gasteiger partial charge in [-0.05, 0) is 13.3 Å². The fraction of sp³-hybridized carbons (Fsp3) is 0.600.